The molecule has 80 valence electrons. The van der Waals surface area contributed by atoms with Gasteiger partial charge in [-0.1, -0.05) is 19.3 Å². The van der Waals surface area contributed by atoms with E-state index in [4.69, 9.17) is 0 Å². The Bertz CT molecular complexity index is 186. The summed E-state index contributed by atoms with van der Waals surface area (Å²) in [6.45, 7) is 5.35. The highest BCUT2D eigenvalue weighted by molar-refractivity contribution is 4.93. The van der Waals surface area contributed by atoms with Crippen LogP contribution in [0.5, 0.6) is 0 Å². The molecule has 2 aliphatic heterocycles. The number of hydrogen-bond acceptors (Lipinski definition) is 2. The van der Waals surface area contributed by atoms with E-state index >= 15 is 0 Å². The molecule has 1 N–H and O–H groups in total. The zero-order valence-corrected chi connectivity index (χ0v) is 9.04. The third-order valence-corrected chi connectivity index (χ3v) is 4.51. The predicted molar refractivity (Wildman–Crippen MR) is 58.3 cm³/mol. The van der Waals surface area contributed by atoms with E-state index in [-0.39, 0.29) is 0 Å². The smallest absolute Gasteiger partial charge is 0.00955 e. The molecular formula is C12H22N2. The quantitative estimate of drug-likeness (QED) is 0.680. The minimum absolute atomic E-state index is 0.953. The van der Waals surface area contributed by atoms with E-state index < -0.39 is 0 Å². The first-order chi connectivity index (χ1) is 6.93. The van der Waals surface area contributed by atoms with Crippen LogP contribution in [0.2, 0.25) is 0 Å². The van der Waals surface area contributed by atoms with Gasteiger partial charge in [0.25, 0.3) is 0 Å². The van der Waals surface area contributed by atoms with Crippen LogP contribution >= 0.6 is 0 Å². The minimum atomic E-state index is 0.953. The van der Waals surface area contributed by atoms with Gasteiger partial charge in [-0.05, 0) is 37.8 Å². The van der Waals surface area contributed by atoms with Gasteiger partial charge >= 0.3 is 0 Å². The van der Waals surface area contributed by atoms with Crippen molar-refractivity contribution in [1.29, 1.82) is 0 Å². The molecule has 3 rings (SSSR count). The number of rotatable bonds is 1. The van der Waals surface area contributed by atoms with Crippen molar-refractivity contribution in [3.8, 4) is 0 Å². The second-order valence-corrected chi connectivity index (χ2v) is 5.42. The van der Waals surface area contributed by atoms with Crippen LogP contribution in [-0.4, -0.2) is 37.1 Å². The Labute approximate surface area is 87.0 Å². The zero-order valence-electron chi connectivity index (χ0n) is 9.04. The van der Waals surface area contributed by atoms with Crippen molar-refractivity contribution in [2.24, 2.45) is 11.8 Å². The Morgan fingerprint density at radius 1 is 0.857 bits per heavy atom. The fourth-order valence-corrected chi connectivity index (χ4v) is 3.64. The zero-order chi connectivity index (χ0) is 9.38. The van der Waals surface area contributed by atoms with Gasteiger partial charge in [-0.25, -0.2) is 0 Å². The Morgan fingerprint density at radius 3 is 2.14 bits per heavy atom. The highest BCUT2D eigenvalue weighted by atomic mass is 15.2. The van der Waals surface area contributed by atoms with Gasteiger partial charge in [0.05, 0.1) is 0 Å². The van der Waals surface area contributed by atoms with Gasteiger partial charge in [-0.2, -0.15) is 0 Å². The molecule has 2 heteroatoms. The average Bonchev–Trinajstić information content (AvgIpc) is 2.78. The topological polar surface area (TPSA) is 15.3 Å². The summed E-state index contributed by atoms with van der Waals surface area (Å²) in [5.41, 5.74) is 0. The van der Waals surface area contributed by atoms with E-state index in [1.807, 2.05) is 0 Å². The predicted octanol–water partition coefficient (Wildman–Crippen LogP) is 1.47. The lowest BCUT2D eigenvalue weighted by molar-refractivity contribution is 0.179. The van der Waals surface area contributed by atoms with Gasteiger partial charge in [0, 0.05) is 19.1 Å². The largest absolute Gasteiger partial charge is 0.316 e. The maximum absolute atomic E-state index is 3.52. The molecule has 0 bridgehead atoms. The van der Waals surface area contributed by atoms with Crippen molar-refractivity contribution < 1.29 is 0 Å². The van der Waals surface area contributed by atoms with Gasteiger partial charge in [0.15, 0.2) is 0 Å². The Hall–Kier alpha value is -0.0800. The first-order valence-corrected chi connectivity index (χ1v) is 6.38. The van der Waals surface area contributed by atoms with Crippen molar-refractivity contribution in [3.05, 3.63) is 0 Å². The lowest BCUT2D eigenvalue weighted by atomic mass is 9.94. The molecule has 2 saturated heterocycles. The maximum atomic E-state index is 3.52. The van der Waals surface area contributed by atoms with E-state index in [1.54, 1.807) is 0 Å². The molecule has 3 aliphatic rings. The summed E-state index contributed by atoms with van der Waals surface area (Å²) in [6.07, 6.45) is 7.40. The average molecular weight is 194 g/mol. The van der Waals surface area contributed by atoms with Gasteiger partial charge in [-0.3, -0.25) is 4.90 Å². The van der Waals surface area contributed by atoms with Gasteiger partial charge < -0.3 is 5.32 Å². The van der Waals surface area contributed by atoms with E-state index in [1.165, 1.54) is 58.3 Å². The maximum Gasteiger partial charge on any atom is 0.00955 e. The molecule has 0 aromatic rings. The van der Waals surface area contributed by atoms with Crippen LogP contribution in [0, 0.1) is 11.8 Å². The van der Waals surface area contributed by atoms with Crippen LogP contribution < -0.4 is 5.32 Å². The summed E-state index contributed by atoms with van der Waals surface area (Å²) >= 11 is 0. The van der Waals surface area contributed by atoms with Gasteiger partial charge in [0.1, 0.15) is 0 Å². The molecule has 1 aliphatic carbocycles. The van der Waals surface area contributed by atoms with Crippen LogP contribution in [0.3, 0.4) is 0 Å². The molecule has 3 fully saturated rings. The van der Waals surface area contributed by atoms with Crippen LogP contribution in [0.25, 0.3) is 0 Å². The minimum Gasteiger partial charge on any atom is -0.316 e. The third-order valence-electron chi connectivity index (χ3n) is 4.51. The molecule has 0 radical (unpaired) electrons. The standard InChI is InChI=1S/C12H22N2/c1-2-4-12(5-3-1)14-8-10-6-13-7-11(10)9-14/h10-13H,1-9H2. The Morgan fingerprint density at radius 2 is 1.50 bits per heavy atom. The summed E-state index contributed by atoms with van der Waals surface area (Å²) in [4.78, 5) is 2.80. The third kappa shape index (κ3) is 1.59. The number of hydrogen-bond donors (Lipinski definition) is 1. The molecule has 2 atom stereocenters. The molecule has 0 amide bonds. The van der Waals surface area contributed by atoms with Crippen molar-refractivity contribution >= 4 is 0 Å². The Kier molecular flexibility index (Phi) is 2.50. The second-order valence-electron chi connectivity index (χ2n) is 5.42. The molecule has 2 nitrogen and oxygen atoms in total. The fourth-order valence-electron chi connectivity index (χ4n) is 3.64. The van der Waals surface area contributed by atoms with E-state index in [0.717, 1.165) is 17.9 Å². The summed E-state index contributed by atoms with van der Waals surface area (Å²) in [7, 11) is 0. The van der Waals surface area contributed by atoms with Crippen molar-refractivity contribution in [3.63, 3.8) is 0 Å². The normalized spacial score (nSPS) is 40.3. The number of likely N-dealkylation sites (tertiary alicyclic amines) is 1. The van der Waals surface area contributed by atoms with E-state index in [0.29, 0.717) is 0 Å². The van der Waals surface area contributed by atoms with Gasteiger partial charge in [-0.15, -0.1) is 0 Å². The lowest BCUT2D eigenvalue weighted by Crippen LogP contribution is -2.36. The molecule has 2 unspecified atom stereocenters. The summed E-state index contributed by atoms with van der Waals surface area (Å²) in [6, 6.07) is 0.953. The highest BCUT2D eigenvalue weighted by Crippen LogP contribution is 2.32. The molecule has 0 aromatic heterocycles. The van der Waals surface area contributed by atoms with Crippen LogP contribution in [0.1, 0.15) is 32.1 Å². The molecule has 0 aromatic carbocycles. The monoisotopic (exact) mass is 194 g/mol. The van der Waals surface area contributed by atoms with E-state index in [9.17, 15) is 0 Å². The first kappa shape index (κ1) is 9.17. The summed E-state index contributed by atoms with van der Waals surface area (Å²) < 4.78 is 0. The molecule has 1 saturated carbocycles. The number of nitrogens with zero attached hydrogens (tertiary/aromatic N) is 1. The molecule has 0 spiro atoms. The van der Waals surface area contributed by atoms with Crippen molar-refractivity contribution in [2.45, 2.75) is 38.1 Å². The van der Waals surface area contributed by atoms with Crippen molar-refractivity contribution in [2.75, 3.05) is 26.2 Å². The molecular weight excluding hydrogens is 172 g/mol. The fraction of sp³-hybridized carbons (Fsp3) is 1.00. The lowest BCUT2D eigenvalue weighted by Gasteiger charge is -2.31. The summed E-state index contributed by atoms with van der Waals surface area (Å²) in [5.74, 6) is 1.97. The van der Waals surface area contributed by atoms with Crippen molar-refractivity contribution in [1.82, 2.24) is 10.2 Å². The number of nitrogens with one attached hydrogen (secondary N) is 1. The summed E-state index contributed by atoms with van der Waals surface area (Å²) in [5, 5.41) is 3.52. The van der Waals surface area contributed by atoms with Crippen LogP contribution in [-0.2, 0) is 0 Å². The molecule has 2 heterocycles. The Balaban J connectivity index is 1.59. The van der Waals surface area contributed by atoms with Crippen LogP contribution in [0.15, 0.2) is 0 Å². The first-order valence-electron chi connectivity index (χ1n) is 6.38. The van der Waals surface area contributed by atoms with Gasteiger partial charge in [0.2, 0.25) is 0 Å². The number of fused-ring (bicyclic) bond motifs is 1. The second kappa shape index (κ2) is 3.82. The van der Waals surface area contributed by atoms with Crippen LogP contribution in [0.4, 0.5) is 0 Å². The molecule has 14 heavy (non-hydrogen) atoms. The highest BCUT2D eigenvalue weighted by Gasteiger charge is 2.38. The SMILES string of the molecule is C1CCC(N2CC3CNCC3C2)CC1. The van der Waals surface area contributed by atoms with E-state index in [2.05, 4.69) is 10.2 Å².